The Balaban J connectivity index is 2.51. The van der Waals surface area contributed by atoms with Crippen LogP contribution in [0.25, 0.3) is 10.9 Å². The van der Waals surface area contributed by atoms with E-state index < -0.39 is 5.82 Å². The predicted octanol–water partition coefficient (Wildman–Crippen LogP) is 4.78. The van der Waals surface area contributed by atoms with Crippen molar-refractivity contribution in [2.45, 2.75) is 72.4 Å². The van der Waals surface area contributed by atoms with Crippen molar-refractivity contribution in [2.24, 2.45) is 0 Å². The number of piperazine rings is 1. The number of aromatic nitrogens is 1. The van der Waals surface area contributed by atoms with Gasteiger partial charge in [-0.2, -0.15) is 0 Å². The molecule has 1 aliphatic heterocycles. The van der Waals surface area contributed by atoms with Crippen molar-refractivity contribution < 1.29 is 9.13 Å². The molecule has 0 aliphatic carbocycles. The van der Waals surface area contributed by atoms with Gasteiger partial charge in [0.05, 0.1) is 18.0 Å². The van der Waals surface area contributed by atoms with Gasteiger partial charge in [0, 0.05) is 43.0 Å². The number of methoxy groups -OCH3 is 1. The van der Waals surface area contributed by atoms with E-state index in [4.69, 9.17) is 4.74 Å². The van der Waals surface area contributed by atoms with Crippen molar-refractivity contribution in [1.29, 1.82) is 0 Å². The Hall–Kier alpha value is -2.08. The summed E-state index contributed by atoms with van der Waals surface area (Å²) in [6.07, 6.45) is 0. The van der Waals surface area contributed by atoms with Crippen LogP contribution in [0.15, 0.2) is 10.9 Å². The minimum atomic E-state index is -0.396. The summed E-state index contributed by atoms with van der Waals surface area (Å²) in [4.78, 5) is 15.6. The van der Waals surface area contributed by atoms with Crippen LogP contribution >= 0.6 is 0 Å². The summed E-state index contributed by atoms with van der Waals surface area (Å²) in [6, 6.07) is 1.77. The molecule has 6 heteroatoms. The van der Waals surface area contributed by atoms with Gasteiger partial charge in [0.1, 0.15) is 5.69 Å². The Kier molecular flexibility index (Phi) is 6.46. The van der Waals surface area contributed by atoms with Crippen molar-refractivity contribution in [2.75, 3.05) is 31.6 Å². The number of benzene rings is 1. The molecule has 30 heavy (non-hydrogen) atoms. The van der Waals surface area contributed by atoms with Crippen LogP contribution in [0.3, 0.4) is 0 Å². The molecule has 1 unspecified atom stereocenters. The van der Waals surface area contributed by atoms with Gasteiger partial charge in [-0.25, -0.2) is 4.39 Å². The summed E-state index contributed by atoms with van der Waals surface area (Å²) in [5, 5.41) is 3.80. The fraction of sp³-hybridized carbons (Fsp3) is 0.625. The lowest BCUT2D eigenvalue weighted by molar-refractivity contribution is 0.405. The van der Waals surface area contributed by atoms with E-state index in [0.717, 1.165) is 17.8 Å². The highest BCUT2D eigenvalue weighted by atomic mass is 19.1. The van der Waals surface area contributed by atoms with E-state index in [1.807, 2.05) is 18.7 Å². The molecule has 1 fully saturated rings. The summed E-state index contributed by atoms with van der Waals surface area (Å²) in [5.41, 5.74) is 2.86. The maximum absolute atomic E-state index is 15.5. The summed E-state index contributed by atoms with van der Waals surface area (Å²) < 4.78 is 23.5. The van der Waals surface area contributed by atoms with E-state index in [1.54, 1.807) is 7.11 Å². The lowest BCUT2D eigenvalue weighted by atomic mass is 9.91. The molecule has 0 amide bonds. The lowest BCUT2D eigenvalue weighted by Gasteiger charge is -2.35. The van der Waals surface area contributed by atoms with Gasteiger partial charge in [0.25, 0.3) is 0 Å². The highest BCUT2D eigenvalue weighted by Crippen LogP contribution is 2.41. The van der Waals surface area contributed by atoms with Crippen LogP contribution in [-0.2, 0) is 0 Å². The van der Waals surface area contributed by atoms with Gasteiger partial charge in [0.15, 0.2) is 17.0 Å². The molecule has 1 aromatic carbocycles. The van der Waals surface area contributed by atoms with Crippen molar-refractivity contribution >= 4 is 16.6 Å². The minimum Gasteiger partial charge on any atom is -0.492 e. The van der Waals surface area contributed by atoms with Gasteiger partial charge in [0.2, 0.25) is 0 Å². The number of hydrogen-bond donors (Lipinski definition) is 1. The Morgan fingerprint density at radius 1 is 1.17 bits per heavy atom. The van der Waals surface area contributed by atoms with E-state index in [-0.39, 0.29) is 29.3 Å². The van der Waals surface area contributed by atoms with Crippen molar-refractivity contribution in [3.8, 4) is 5.75 Å². The molecule has 0 spiro atoms. The molecule has 1 atom stereocenters. The first-order valence-corrected chi connectivity index (χ1v) is 11.1. The van der Waals surface area contributed by atoms with Crippen LogP contribution in [0.4, 0.5) is 10.1 Å². The van der Waals surface area contributed by atoms with E-state index >= 15 is 4.39 Å². The van der Waals surface area contributed by atoms with Crippen LogP contribution < -0.4 is 20.4 Å². The van der Waals surface area contributed by atoms with Crippen LogP contribution in [-0.4, -0.2) is 37.4 Å². The molecule has 1 saturated heterocycles. The van der Waals surface area contributed by atoms with Crippen LogP contribution in [0.1, 0.15) is 77.6 Å². The molecular weight excluding hydrogens is 381 g/mol. The van der Waals surface area contributed by atoms with Crippen LogP contribution in [0, 0.1) is 5.82 Å². The van der Waals surface area contributed by atoms with Crippen LogP contribution in [0.2, 0.25) is 0 Å². The Morgan fingerprint density at radius 3 is 2.33 bits per heavy atom. The van der Waals surface area contributed by atoms with Gasteiger partial charge in [-0.15, -0.1) is 0 Å². The van der Waals surface area contributed by atoms with Gasteiger partial charge < -0.3 is 19.5 Å². The van der Waals surface area contributed by atoms with Crippen molar-refractivity contribution in [3.05, 3.63) is 33.4 Å². The summed E-state index contributed by atoms with van der Waals surface area (Å²) in [6.45, 7) is 16.7. The fourth-order valence-electron chi connectivity index (χ4n) is 4.84. The Bertz CT molecular complexity index is 995. The quantitative estimate of drug-likeness (QED) is 0.761. The number of ether oxygens (including phenoxy) is 1. The SMILES string of the molecule is COc1c(N2CCNC(C)C2)c(F)cc2c(=O)c(C(C)C)c(C(C)C)n(C(C)C)c12. The summed E-state index contributed by atoms with van der Waals surface area (Å²) in [7, 11) is 1.57. The second-order valence-electron chi connectivity index (χ2n) is 9.34. The highest BCUT2D eigenvalue weighted by Gasteiger charge is 2.30. The molecule has 1 N–H and O–H groups in total. The standard InChI is InChI=1S/C24H36FN3O2/c1-13(2)19-20(14(3)4)28(15(5)6)21-17(23(19)29)11-18(25)22(24(21)30-8)27-10-9-26-16(7)12-27/h11,13-16,26H,9-10,12H2,1-8H3. The maximum atomic E-state index is 15.5. The lowest BCUT2D eigenvalue weighted by Crippen LogP contribution is -2.49. The molecule has 2 heterocycles. The average Bonchev–Trinajstić information content (AvgIpc) is 2.66. The number of halogens is 1. The number of nitrogens with one attached hydrogen (secondary N) is 1. The first kappa shape index (κ1) is 22.6. The monoisotopic (exact) mass is 417 g/mol. The zero-order chi connectivity index (χ0) is 22.3. The van der Waals surface area contributed by atoms with Crippen LogP contribution in [0.5, 0.6) is 5.75 Å². The van der Waals surface area contributed by atoms with Crippen molar-refractivity contribution in [1.82, 2.24) is 9.88 Å². The molecule has 3 rings (SSSR count). The number of hydrogen-bond acceptors (Lipinski definition) is 4. The smallest absolute Gasteiger partial charge is 0.193 e. The van der Waals surface area contributed by atoms with Gasteiger partial charge in [-0.1, -0.05) is 27.7 Å². The Morgan fingerprint density at radius 2 is 1.83 bits per heavy atom. The summed E-state index contributed by atoms with van der Waals surface area (Å²) in [5.74, 6) is 0.265. The van der Waals surface area contributed by atoms with E-state index in [0.29, 0.717) is 35.4 Å². The number of rotatable bonds is 5. The highest BCUT2D eigenvalue weighted by molar-refractivity contribution is 5.92. The molecule has 2 aromatic rings. The number of anilines is 1. The zero-order valence-electron chi connectivity index (χ0n) is 19.6. The number of nitrogens with zero attached hydrogens (tertiary/aromatic N) is 2. The van der Waals surface area contributed by atoms with Gasteiger partial charge in [-0.3, -0.25) is 4.79 Å². The van der Waals surface area contributed by atoms with E-state index in [9.17, 15) is 4.79 Å². The third-order valence-corrected chi connectivity index (χ3v) is 5.98. The predicted molar refractivity (Wildman–Crippen MR) is 123 cm³/mol. The molecule has 1 aromatic heterocycles. The molecule has 0 saturated carbocycles. The van der Waals surface area contributed by atoms with Crippen molar-refractivity contribution in [3.63, 3.8) is 0 Å². The molecule has 166 valence electrons. The Labute approximate surface area is 179 Å². The maximum Gasteiger partial charge on any atom is 0.193 e. The minimum absolute atomic E-state index is 0.0482. The fourth-order valence-corrected chi connectivity index (χ4v) is 4.84. The van der Waals surface area contributed by atoms with Gasteiger partial charge in [-0.05, 0) is 38.7 Å². The third kappa shape index (κ3) is 3.70. The zero-order valence-corrected chi connectivity index (χ0v) is 19.6. The summed E-state index contributed by atoms with van der Waals surface area (Å²) >= 11 is 0. The third-order valence-electron chi connectivity index (χ3n) is 5.98. The first-order chi connectivity index (χ1) is 14.1. The molecule has 0 radical (unpaired) electrons. The molecule has 0 bridgehead atoms. The number of pyridine rings is 1. The first-order valence-electron chi connectivity index (χ1n) is 11.1. The van der Waals surface area contributed by atoms with E-state index in [2.05, 4.69) is 44.5 Å². The van der Waals surface area contributed by atoms with Gasteiger partial charge >= 0.3 is 0 Å². The molecule has 1 aliphatic rings. The average molecular weight is 418 g/mol. The molecule has 5 nitrogen and oxygen atoms in total. The second kappa shape index (κ2) is 8.58. The normalized spacial score (nSPS) is 17.6. The topological polar surface area (TPSA) is 46.5 Å². The largest absolute Gasteiger partial charge is 0.492 e. The molecular formula is C24H36FN3O2. The van der Waals surface area contributed by atoms with E-state index in [1.165, 1.54) is 6.07 Å². The number of fused-ring (bicyclic) bond motifs is 1. The second-order valence-corrected chi connectivity index (χ2v) is 9.34.